The average molecular weight is 296 g/mol. The molecular formula is C11H12N4O2S2. The molecule has 100 valence electrons. The van der Waals surface area contributed by atoms with E-state index in [1.165, 1.54) is 17.8 Å². The molecule has 8 heteroatoms. The molecule has 19 heavy (non-hydrogen) atoms. The number of hydrogen-bond acceptors (Lipinski definition) is 6. The molecule has 2 rings (SSSR count). The fourth-order valence-electron chi connectivity index (χ4n) is 1.53. The van der Waals surface area contributed by atoms with E-state index >= 15 is 0 Å². The molecule has 0 radical (unpaired) electrons. The Labute approximate surface area is 115 Å². The summed E-state index contributed by atoms with van der Waals surface area (Å²) in [5.41, 5.74) is 6.59. The van der Waals surface area contributed by atoms with Gasteiger partial charge in [-0.15, -0.1) is 0 Å². The lowest BCUT2D eigenvalue weighted by molar-refractivity contribution is 0.597. The van der Waals surface area contributed by atoms with E-state index in [0.29, 0.717) is 21.2 Å². The standard InChI is InChI=1S/C11H12N4O2S2/c1-7-9(18-11-6-14-2-3-15-11)4-8(12)5-10(7)19(13,16)17/h2-6H,12H2,1H3,(H2,13,16,17). The topological polar surface area (TPSA) is 112 Å². The van der Waals surface area contributed by atoms with E-state index in [0.717, 1.165) is 0 Å². The van der Waals surface area contributed by atoms with Crippen LogP contribution in [0, 0.1) is 6.92 Å². The van der Waals surface area contributed by atoms with Crippen molar-refractivity contribution in [3.63, 3.8) is 0 Å². The lowest BCUT2D eigenvalue weighted by Crippen LogP contribution is -2.14. The molecule has 0 saturated carbocycles. The van der Waals surface area contributed by atoms with Crippen molar-refractivity contribution in [3.8, 4) is 0 Å². The maximum Gasteiger partial charge on any atom is 0.238 e. The fourth-order valence-corrected chi connectivity index (χ4v) is 3.35. The van der Waals surface area contributed by atoms with Crippen molar-refractivity contribution in [2.24, 2.45) is 5.14 Å². The predicted molar refractivity (Wildman–Crippen MR) is 73.1 cm³/mol. The molecule has 0 bridgehead atoms. The summed E-state index contributed by atoms with van der Waals surface area (Å²) in [5.74, 6) is 0. The zero-order chi connectivity index (χ0) is 14.0. The van der Waals surface area contributed by atoms with Crippen LogP contribution in [0.25, 0.3) is 0 Å². The number of nitrogens with two attached hydrogens (primary N) is 2. The number of sulfonamides is 1. The minimum Gasteiger partial charge on any atom is -0.399 e. The van der Waals surface area contributed by atoms with Crippen molar-refractivity contribution in [2.75, 3.05) is 5.73 Å². The van der Waals surface area contributed by atoms with Crippen LogP contribution in [-0.2, 0) is 10.0 Å². The molecule has 0 aliphatic carbocycles. The van der Waals surface area contributed by atoms with Crippen LogP contribution in [0.3, 0.4) is 0 Å². The van der Waals surface area contributed by atoms with Crippen molar-refractivity contribution < 1.29 is 8.42 Å². The van der Waals surface area contributed by atoms with Gasteiger partial charge in [0.15, 0.2) is 0 Å². The zero-order valence-electron chi connectivity index (χ0n) is 10.1. The summed E-state index contributed by atoms with van der Waals surface area (Å²) >= 11 is 1.29. The van der Waals surface area contributed by atoms with Gasteiger partial charge in [0.25, 0.3) is 0 Å². The van der Waals surface area contributed by atoms with E-state index in [4.69, 9.17) is 10.9 Å². The SMILES string of the molecule is Cc1c(Sc2cnccn2)cc(N)cc1S(N)(=O)=O. The molecule has 1 heterocycles. The molecule has 6 nitrogen and oxygen atoms in total. The van der Waals surface area contributed by atoms with Crippen molar-refractivity contribution in [1.82, 2.24) is 9.97 Å². The minimum atomic E-state index is -3.80. The number of primary sulfonamides is 1. The lowest BCUT2D eigenvalue weighted by atomic mass is 10.2. The third-order valence-electron chi connectivity index (χ3n) is 2.40. The van der Waals surface area contributed by atoms with E-state index in [2.05, 4.69) is 9.97 Å². The van der Waals surface area contributed by atoms with Gasteiger partial charge in [-0.3, -0.25) is 4.98 Å². The third-order valence-corrected chi connectivity index (χ3v) is 4.50. The minimum absolute atomic E-state index is 0.0268. The van der Waals surface area contributed by atoms with Gasteiger partial charge in [0, 0.05) is 23.0 Å². The van der Waals surface area contributed by atoms with Crippen LogP contribution in [-0.4, -0.2) is 18.4 Å². The summed E-state index contributed by atoms with van der Waals surface area (Å²) in [5, 5.41) is 5.82. The largest absolute Gasteiger partial charge is 0.399 e. The van der Waals surface area contributed by atoms with Gasteiger partial charge >= 0.3 is 0 Å². The van der Waals surface area contributed by atoms with E-state index in [1.54, 1.807) is 31.6 Å². The highest BCUT2D eigenvalue weighted by Crippen LogP contribution is 2.33. The van der Waals surface area contributed by atoms with Gasteiger partial charge in [-0.1, -0.05) is 11.8 Å². The molecule has 2 aromatic rings. The highest BCUT2D eigenvalue weighted by molar-refractivity contribution is 7.99. The number of anilines is 1. The van der Waals surface area contributed by atoms with Gasteiger partial charge < -0.3 is 5.73 Å². The van der Waals surface area contributed by atoms with Crippen molar-refractivity contribution in [3.05, 3.63) is 36.3 Å². The van der Waals surface area contributed by atoms with Crippen LogP contribution < -0.4 is 10.9 Å². The smallest absolute Gasteiger partial charge is 0.238 e. The van der Waals surface area contributed by atoms with E-state index in [9.17, 15) is 8.42 Å². The Bertz CT molecular complexity index is 702. The van der Waals surface area contributed by atoms with E-state index in [1.807, 2.05) is 0 Å². The number of nitrogens with zero attached hydrogens (tertiary/aromatic N) is 2. The Morgan fingerprint density at radius 1 is 1.26 bits per heavy atom. The average Bonchev–Trinajstić information content (AvgIpc) is 2.33. The molecule has 1 aromatic heterocycles. The van der Waals surface area contributed by atoms with Crippen LogP contribution >= 0.6 is 11.8 Å². The Morgan fingerprint density at radius 3 is 2.58 bits per heavy atom. The van der Waals surface area contributed by atoms with E-state index < -0.39 is 10.0 Å². The quantitative estimate of drug-likeness (QED) is 0.822. The second-order valence-electron chi connectivity index (χ2n) is 3.83. The predicted octanol–water partition coefficient (Wildman–Crippen LogP) is 1.17. The molecule has 0 saturated heterocycles. The molecule has 0 fully saturated rings. The Morgan fingerprint density at radius 2 is 2.00 bits per heavy atom. The van der Waals surface area contributed by atoms with Gasteiger partial charge in [0.1, 0.15) is 5.03 Å². The van der Waals surface area contributed by atoms with Crippen molar-refractivity contribution in [2.45, 2.75) is 21.7 Å². The second kappa shape index (κ2) is 5.16. The third kappa shape index (κ3) is 3.22. The highest BCUT2D eigenvalue weighted by Gasteiger charge is 2.16. The molecule has 0 atom stereocenters. The lowest BCUT2D eigenvalue weighted by Gasteiger charge is -2.10. The second-order valence-corrected chi connectivity index (χ2v) is 6.42. The molecule has 1 aromatic carbocycles. The molecule has 0 amide bonds. The van der Waals surface area contributed by atoms with Gasteiger partial charge in [0.05, 0.1) is 11.1 Å². The summed E-state index contributed by atoms with van der Waals surface area (Å²) < 4.78 is 23.0. The normalized spacial score (nSPS) is 11.5. The van der Waals surface area contributed by atoms with Crippen LogP contribution in [0.4, 0.5) is 5.69 Å². The summed E-state index contributed by atoms with van der Waals surface area (Å²) in [7, 11) is -3.80. The van der Waals surface area contributed by atoms with E-state index in [-0.39, 0.29) is 4.90 Å². The first-order valence-electron chi connectivity index (χ1n) is 5.24. The molecule has 0 aliphatic heterocycles. The number of benzene rings is 1. The number of nitrogen functional groups attached to an aromatic ring is 1. The van der Waals surface area contributed by atoms with Gasteiger partial charge in [-0.2, -0.15) is 0 Å². The molecule has 4 N–H and O–H groups in total. The first-order valence-corrected chi connectivity index (χ1v) is 7.61. The van der Waals surface area contributed by atoms with Crippen LogP contribution in [0.5, 0.6) is 0 Å². The van der Waals surface area contributed by atoms with Crippen molar-refractivity contribution in [1.29, 1.82) is 0 Å². The summed E-state index contributed by atoms with van der Waals surface area (Å²) in [4.78, 5) is 8.77. The zero-order valence-corrected chi connectivity index (χ0v) is 11.7. The molecule has 0 spiro atoms. The molecule has 0 aliphatic rings. The number of hydrogen-bond donors (Lipinski definition) is 2. The summed E-state index contributed by atoms with van der Waals surface area (Å²) in [6, 6.07) is 3.04. The van der Waals surface area contributed by atoms with Crippen molar-refractivity contribution >= 4 is 27.5 Å². The monoisotopic (exact) mass is 296 g/mol. The Kier molecular flexibility index (Phi) is 3.74. The van der Waals surface area contributed by atoms with Gasteiger partial charge in [-0.05, 0) is 24.6 Å². The fraction of sp³-hybridized carbons (Fsp3) is 0.0909. The first-order chi connectivity index (χ1) is 8.88. The maximum atomic E-state index is 11.5. The highest BCUT2D eigenvalue weighted by atomic mass is 32.2. The van der Waals surface area contributed by atoms with Crippen LogP contribution in [0.15, 0.2) is 45.5 Å². The molecular weight excluding hydrogens is 284 g/mol. The van der Waals surface area contributed by atoms with Crippen LogP contribution in [0.2, 0.25) is 0 Å². The Balaban J connectivity index is 2.50. The van der Waals surface area contributed by atoms with Gasteiger partial charge in [0.2, 0.25) is 10.0 Å². The number of rotatable bonds is 3. The Hall–Kier alpha value is -1.64. The summed E-state index contributed by atoms with van der Waals surface area (Å²) in [6.45, 7) is 1.68. The van der Waals surface area contributed by atoms with Crippen LogP contribution in [0.1, 0.15) is 5.56 Å². The van der Waals surface area contributed by atoms with Gasteiger partial charge in [-0.25, -0.2) is 18.5 Å². The maximum absolute atomic E-state index is 11.5. The number of aromatic nitrogens is 2. The summed E-state index contributed by atoms with van der Waals surface area (Å²) in [6.07, 6.45) is 4.71. The first kappa shape index (κ1) is 13.8. The molecule has 0 unspecified atom stereocenters.